The average Bonchev–Trinajstić information content (AvgIpc) is 3.56. The summed E-state index contributed by atoms with van der Waals surface area (Å²) < 4.78 is 5.43. The molecule has 4 nitrogen and oxygen atoms in total. The minimum absolute atomic E-state index is 0.0832. The molecule has 7 rings (SSSR count). The van der Waals surface area contributed by atoms with Gasteiger partial charge in [-0.25, -0.2) is 0 Å². The summed E-state index contributed by atoms with van der Waals surface area (Å²) >= 11 is 12.8. The number of hydrogen-bond donors (Lipinski definition) is 1. The van der Waals surface area contributed by atoms with Gasteiger partial charge in [0.1, 0.15) is 5.75 Å². The van der Waals surface area contributed by atoms with Crippen LogP contribution in [0.25, 0.3) is 0 Å². The molecule has 3 fully saturated rings. The molecule has 4 aliphatic carbocycles. The molecule has 3 saturated carbocycles. The van der Waals surface area contributed by atoms with E-state index in [2.05, 4.69) is 43.1 Å². The van der Waals surface area contributed by atoms with Crippen molar-refractivity contribution < 1.29 is 9.84 Å². The second-order valence-corrected chi connectivity index (χ2v) is 14.7. The van der Waals surface area contributed by atoms with Gasteiger partial charge in [0, 0.05) is 18.1 Å². The Bertz CT molecular complexity index is 1390. The van der Waals surface area contributed by atoms with Crippen molar-refractivity contribution in [2.24, 2.45) is 39.6 Å². The van der Waals surface area contributed by atoms with Gasteiger partial charge in [-0.1, -0.05) is 54.8 Å². The van der Waals surface area contributed by atoms with Crippen LogP contribution in [0.2, 0.25) is 10.0 Å². The molecule has 41 heavy (non-hydrogen) atoms. The Hall–Kier alpha value is -2.01. The van der Waals surface area contributed by atoms with Crippen LogP contribution in [-0.4, -0.2) is 24.0 Å². The second kappa shape index (κ2) is 10.3. The number of aliphatic hydroxyl groups excluding tert-OH is 1. The summed E-state index contributed by atoms with van der Waals surface area (Å²) in [5, 5.41) is 19.2. The van der Waals surface area contributed by atoms with Gasteiger partial charge in [0.15, 0.2) is 0 Å². The Morgan fingerprint density at radius 2 is 1.73 bits per heavy atom. The minimum atomic E-state index is -0.145. The van der Waals surface area contributed by atoms with Crippen LogP contribution in [0.5, 0.6) is 5.75 Å². The SMILES string of the molecule is COc1ccc(N2N=C([C@H]3CC[C@H]4[C@@H]5CC=C6C[C@@H](O)CC[C@]6(C)[C@H]5CC[C@]34C)CC2c2ccc(Cl)c(Cl)c2)cc1. The molecule has 1 heterocycles. The van der Waals surface area contributed by atoms with Gasteiger partial charge >= 0.3 is 0 Å². The fourth-order valence-corrected chi connectivity index (χ4v) is 10.2. The summed E-state index contributed by atoms with van der Waals surface area (Å²) in [6, 6.07) is 14.3. The number of benzene rings is 2. The Morgan fingerprint density at radius 3 is 2.49 bits per heavy atom. The molecule has 1 unspecified atom stereocenters. The number of allylic oxidation sites excluding steroid dienone is 1. The molecule has 1 N–H and O–H groups in total. The van der Waals surface area contributed by atoms with Crippen LogP contribution in [0, 0.1) is 34.5 Å². The van der Waals surface area contributed by atoms with Crippen molar-refractivity contribution in [2.45, 2.75) is 83.8 Å². The number of anilines is 1. The smallest absolute Gasteiger partial charge is 0.119 e. The molecule has 5 aliphatic rings. The highest BCUT2D eigenvalue weighted by Gasteiger charge is 2.59. The third kappa shape index (κ3) is 4.46. The number of ether oxygens (including phenoxy) is 1. The van der Waals surface area contributed by atoms with Gasteiger partial charge < -0.3 is 9.84 Å². The van der Waals surface area contributed by atoms with E-state index in [1.54, 1.807) is 12.7 Å². The van der Waals surface area contributed by atoms with E-state index in [0.29, 0.717) is 16.0 Å². The van der Waals surface area contributed by atoms with E-state index < -0.39 is 0 Å². The maximum atomic E-state index is 10.4. The van der Waals surface area contributed by atoms with Gasteiger partial charge in [-0.2, -0.15) is 5.10 Å². The quantitative estimate of drug-likeness (QED) is 0.360. The molecule has 2 aromatic carbocycles. The normalized spacial score (nSPS) is 38.0. The number of hydrogen-bond acceptors (Lipinski definition) is 4. The highest BCUT2D eigenvalue weighted by molar-refractivity contribution is 6.42. The largest absolute Gasteiger partial charge is 0.497 e. The first kappa shape index (κ1) is 27.8. The molecule has 0 bridgehead atoms. The van der Waals surface area contributed by atoms with Crippen molar-refractivity contribution in [1.82, 2.24) is 0 Å². The van der Waals surface area contributed by atoms with Crippen molar-refractivity contribution in [3.05, 3.63) is 69.7 Å². The molecule has 2 aromatic rings. The zero-order chi connectivity index (χ0) is 28.5. The fraction of sp³-hybridized carbons (Fsp3) is 0.571. The zero-order valence-electron chi connectivity index (χ0n) is 24.5. The van der Waals surface area contributed by atoms with Crippen molar-refractivity contribution in [1.29, 1.82) is 0 Å². The predicted octanol–water partition coefficient (Wildman–Crippen LogP) is 9.25. The topological polar surface area (TPSA) is 45.1 Å². The first-order valence-corrected chi connectivity index (χ1v) is 16.3. The number of rotatable bonds is 4. The number of halogens is 2. The summed E-state index contributed by atoms with van der Waals surface area (Å²) in [6.45, 7) is 5.11. The molecule has 0 amide bonds. The summed E-state index contributed by atoms with van der Waals surface area (Å²) in [5.41, 5.74) is 5.66. The Balaban J connectivity index is 1.20. The van der Waals surface area contributed by atoms with Gasteiger partial charge in [-0.3, -0.25) is 5.01 Å². The van der Waals surface area contributed by atoms with Crippen LogP contribution in [0.1, 0.15) is 83.2 Å². The first-order chi connectivity index (χ1) is 19.7. The van der Waals surface area contributed by atoms with Gasteiger partial charge in [0.05, 0.1) is 35.0 Å². The fourth-order valence-electron chi connectivity index (χ4n) is 9.89. The van der Waals surface area contributed by atoms with Crippen LogP contribution >= 0.6 is 23.2 Å². The molecule has 0 radical (unpaired) electrons. The monoisotopic (exact) mass is 592 g/mol. The molecule has 0 saturated heterocycles. The Morgan fingerprint density at radius 1 is 0.927 bits per heavy atom. The van der Waals surface area contributed by atoms with E-state index in [0.717, 1.165) is 60.4 Å². The van der Waals surface area contributed by atoms with E-state index >= 15 is 0 Å². The Kier molecular flexibility index (Phi) is 6.99. The van der Waals surface area contributed by atoms with Gasteiger partial charge in [-0.05, 0) is 122 Å². The van der Waals surface area contributed by atoms with Crippen molar-refractivity contribution in [2.75, 3.05) is 12.1 Å². The summed E-state index contributed by atoms with van der Waals surface area (Å²) in [5.74, 6) is 3.56. The lowest BCUT2D eigenvalue weighted by molar-refractivity contribution is -0.0424. The van der Waals surface area contributed by atoms with Crippen molar-refractivity contribution in [3.8, 4) is 5.75 Å². The lowest BCUT2D eigenvalue weighted by Gasteiger charge is -2.58. The second-order valence-electron chi connectivity index (χ2n) is 13.9. The molecule has 0 spiro atoms. The van der Waals surface area contributed by atoms with Crippen LogP contribution in [0.4, 0.5) is 5.69 Å². The van der Waals surface area contributed by atoms with Crippen LogP contribution in [-0.2, 0) is 0 Å². The van der Waals surface area contributed by atoms with E-state index in [1.165, 1.54) is 37.8 Å². The average molecular weight is 594 g/mol. The van der Waals surface area contributed by atoms with Gasteiger partial charge in [-0.15, -0.1) is 0 Å². The molecule has 0 aromatic heterocycles. The summed E-state index contributed by atoms with van der Waals surface area (Å²) in [6.07, 6.45) is 12.6. The highest BCUT2D eigenvalue weighted by atomic mass is 35.5. The van der Waals surface area contributed by atoms with Crippen molar-refractivity contribution in [3.63, 3.8) is 0 Å². The molecular weight excluding hydrogens is 551 g/mol. The molecule has 6 heteroatoms. The third-order valence-corrected chi connectivity index (χ3v) is 12.8. The van der Waals surface area contributed by atoms with Crippen LogP contribution < -0.4 is 9.75 Å². The lowest BCUT2D eigenvalue weighted by Crippen LogP contribution is -2.51. The standard InChI is InChI=1S/C35H42Cl2N2O2/c1-34-16-14-24(40)19-22(34)5-10-26-27-11-12-29(35(27,2)17-15-28(26)34)32-20-33(21-4-13-30(36)31(37)18-21)39(38-32)23-6-8-25(41-3)9-7-23/h4-9,13,18,24,26-29,33,40H,10-12,14-17,19-20H2,1-3H3/t24-,26-,27-,28-,29+,33?,34-,35-/m0/s1. The highest BCUT2D eigenvalue weighted by Crippen LogP contribution is 2.67. The molecule has 8 atom stereocenters. The van der Waals surface area contributed by atoms with E-state index in [-0.39, 0.29) is 23.0 Å². The summed E-state index contributed by atoms with van der Waals surface area (Å²) in [4.78, 5) is 0. The van der Waals surface area contributed by atoms with Gasteiger partial charge in [0.25, 0.3) is 0 Å². The maximum absolute atomic E-state index is 10.4. The van der Waals surface area contributed by atoms with Gasteiger partial charge in [0.2, 0.25) is 0 Å². The van der Waals surface area contributed by atoms with Crippen LogP contribution in [0.3, 0.4) is 0 Å². The molecular formula is C35H42Cl2N2O2. The van der Waals surface area contributed by atoms with E-state index in [1.807, 2.05) is 24.3 Å². The number of methoxy groups -OCH3 is 1. The number of nitrogens with zero attached hydrogens (tertiary/aromatic N) is 2. The van der Waals surface area contributed by atoms with E-state index in [4.69, 9.17) is 33.0 Å². The maximum Gasteiger partial charge on any atom is 0.119 e. The molecule has 1 aliphatic heterocycles. The number of aliphatic hydroxyl groups is 1. The zero-order valence-corrected chi connectivity index (χ0v) is 26.0. The van der Waals surface area contributed by atoms with Crippen molar-refractivity contribution >= 4 is 34.6 Å². The number of hydrazone groups is 1. The summed E-state index contributed by atoms with van der Waals surface area (Å²) in [7, 11) is 1.70. The minimum Gasteiger partial charge on any atom is -0.497 e. The third-order valence-electron chi connectivity index (χ3n) is 12.1. The number of fused-ring (bicyclic) bond motifs is 5. The Labute approximate surface area is 254 Å². The van der Waals surface area contributed by atoms with Crippen LogP contribution in [0.15, 0.2) is 59.2 Å². The molecule has 218 valence electrons. The predicted molar refractivity (Wildman–Crippen MR) is 168 cm³/mol. The first-order valence-electron chi connectivity index (χ1n) is 15.5. The van der Waals surface area contributed by atoms with E-state index in [9.17, 15) is 5.11 Å². The lowest BCUT2D eigenvalue weighted by atomic mass is 9.47.